The maximum atomic E-state index is 13.3. The van der Waals surface area contributed by atoms with E-state index in [0.29, 0.717) is 56.3 Å². The summed E-state index contributed by atoms with van der Waals surface area (Å²) in [5.41, 5.74) is 8.81. The molecule has 1 unspecified atom stereocenters. The van der Waals surface area contributed by atoms with Gasteiger partial charge >= 0.3 is 0 Å². The number of benzene rings is 1. The Bertz CT molecular complexity index is 1600. The second-order valence-electron chi connectivity index (χ2n) is 8.49. The van der Waals surface area contributed by atoms with Crippen LogP contribution < -0.4 is 16.0 Å². The number of ketones is 1. The highest BCUT2D eigenvalue weighted by molar-refractivity contribution is 8.01. The molecule has 9 nitrogen and oxygen atoms in total. The van der Waals surface area contributed by atoms with Gasteiger partial charge in [0.1, 0.15) is 5.82 Å². The van der Waals surface area contributed by atoms with E-state index in [1.54, 1.807) is 35.2 Å². The van der Waals surface area contributed by atoms with Gasteiger partial charge in [0, 0.05) is 23.9 Å². The van der Waals surface area contributed by atoms with E-state index in [4.69, 9.17) is 40.5 Å². The zero-order valence-electron chi connectivity index (χ0n) is 20.0. The van der Waals surface area contributed by atoms with E-state index in [9.17, 15) is 14.9 Å². The number of aromatic nitrogens is 3. The van der Waals surface area contributed by atoms with Gasteiger partial charge in [-0.05, 0) is 36.6 Å². The Morgan fingerprint density at radius 1 is 1.23 bits per heavy atom. The van der Waals surface area contributed by atoms with E-state index in [0.717, 1.165) is 0 Å². The molecule has 3 aromatic rings. The summed E-state index contributed by atoms with van der Waals surface area (Å²) < 4.78 is 0.507. The molecule has 3 heterocycles. The molecule has 1 aliphatic heterocycles. The molecule has 14 heteroatoms. The molecule has 5 rings (SSSR count). The zero-order chi connectivity index (χ0) is 27.7. The topological polar surface area (TPSA) is 138 Å². The standard InChI is InChI=1S/C25H18Cl3N7O2S2/c26-14-5-1-4-12(21(14)27)19-13(10-29)23(30)35(16-7-2-8-17(36)20(16)19)24-33-34-25(39-24)38-11-18(37)32-15-6-3-9-31-22(15)28/h1,3-6,9,19H,2,7-8,11,30H2,(H,32,37). The van der Waals surface area contributed by atoms with E-state index < -0.39 is 5.92 Å². The monoisotopic (exact) mass is 617 g/mol. The van der Waals surface area contributed by atoms with Gasteiger partial charge in [0.05, 0.1) is 39.0 Å². The maximum absolute atomic E-state index is 13.3. The Kier molecular flexibility index (Phi) is 8.11. The number of nitriles is 1. The van der Waals surface area contributed by atoms with Gasteiger partial charge in [-0.1, -0.05) is 70.0 Å². The van der Waals surface area contributed by atoms with Crippen LogP contribution in [0.4, 0.5) is 10.8 Å². The van der Waals surface area contributed by atoms with Crippen LogP contribution in [0.2, 0.25) is 15.2 Å². The van der Waals surface area contributed by atoms with Crippen molar-refractivity contribution in [3.8, 4) is 6.07 Å². The lowest BCUT2D eigenvalue weighted by Gasteiger charge is -2.38. The summed E-state index contributed by atoms with van der Waals surface area (Å²) in [6.45, 7) is 0. The van der Waals surface area contributed by atoms with Crippen molar-refractivity contribution in [2.45, 2.75) is 29.5 Å². The number of amides is 1. The van der Waals surface area contributed by atoms with E-state index in [1.165, 1.54) is 29.3 Å². The second-order valence-corrected chi connectivity index (χ2v) is 11.8. The average Bonchev–Trinajstić information content (AvgIpc) is 3.38. The molecule has 1 aliphatic carbocycles. The van der Waals surface area contributed by atoms with E-state index in [1.807, 2.05) is 0 Å². The van der Waals surface area contributed by atoms with Crippen molar-refractivity contribution in [3.05, 3.63) is 80.0 Å². The number of nitrogens with two attached hydrogens (primary N) is 1. The Morgan fingerprint density at radius 3 is 2.82 bits per heavy atom. The Balaban J connectivity index is 1.45. The number of pyridine rings is 1. The van der Waals surface area contributed by atoms with Gasteiger partial charge in [-0.15, -0.1) is 10.2 Å². The lowest BCUT2D eigenvalue weighted by atomic mass is 9.76. The first-order valence-corrected chi connectivity index (χ1v) is 14.5. The molecule has 0 radical (unpaired) electrons. The van der Waals surface area contributed by atoms with E-state index in [-0.39, 0.29) is 39.0 Å². The fourth-order valence-electron chi connectivity index (χ4n) is 4.50. The number of hydrogen-bond donors (Lipinski definition) is 2. The lowest BCUT2D eigenvalue weighted by molar-refractivity contribution is -0.116. The maximum Gasteiger partial charge on any atom is 0.234 e. The number of carbonyl (C=O) groups is 2. The molecule has 3 N–H and O–H groups in total. The number of carbonyl (C=O) groups excluding carboxylic acids is 2. The predicted octanol–water partition coefficient (Wildman–Crippen LogP) is 5.93. The number of Topliss-reactive ketones (excluding diaryl/α,β-unsaturated/α-hetero) is 1. The summed E-state index contributed by atoms with van der Waals surface area (Å²) in [5.74, 6) is -0.933. The average molecular weight is 619 g/mol. The molecule has 2 aromatic heterocycles. The van der Waals surface area contributed by atoms with E-state index >= 15 is 0 Å². The molecule has 1 atom stereocenters. The number of rotatable bonds is 6. The van der Waals surface area contributed by atoms with Crippen molar-refractivity contribution in [1.29, 1.82) is 5.26 Å². The number of thioether (sulfide) groups is 1. The number of hydrogen-bond acceptors (Lipinski definition) is 10. The van der Waals surface area contributed by atoms with Crippen molar-refractivity contribution in [2.75, 3.05) is 16.0 Å². The van der Waals surface area contributed by atoms with Gasteiger partial charge in [-0.25, -0.2) is 4.98 Å². The van der Waals surface area contributed by atoms with Gasteiger partial charge in [-0.2, -0.15) is 5.26 Å². The highest BCUT2D eigenvalue weighted by Gasteiger charge is 2.42. The van der Waals surface area contributed by atoms with Crippen molar-refractivity contribution in [3.63, 3.8) is 0 Å². The number of nitrogens with one attached hydrogen (secondary N) is 1. The van der Waals surface area contributed by atoms with Crippen LogP contribution in [0.25, 0.3) is 0 Å². The SMILES string of the molecule is N#CC1=C(N)N(c2nnc(SCC(=O)Nc3cccnc3Cl)s2)C2=C(C(=O)CCC2)C1c1cccc(Cl)c1Cl. The summed E-state index contributed by atoms with van der Waals surface area (Å²) >= 11 is 21.2. The molecule has 198 valence electrons. The fraction of sp³-hybridized carbons (Fsp3) is 0.200. The van der Waals surface area contributed by atoms with Crippen molar-refractivity contribution < 1.29 is 9.59 Å². The molecular formula is C25H18Cl3N7O2S2. The summed E-state index contributed by atoms with van der Waals surface area (Å²) in [7, 11) is 0. The van der Waals surface area contributed by atoms with Crippen LogP contribution in [0.1, 0.15) is 30.7 Å². The Labute approximate surface area is 246 Å². The number of halogens is 3. The van der Waals surface area contributed by atoms with E-state index in [2.05, 4.69) is 26.6 Å². The van der Waals surface area contributed by atoms with Crippen LogP contribution >= 0.6 is 57.9 Å². The zero-order valence-corrected chi connectivity index (χ0v) is 23.9. The molecule has 0 saturated heterocycles. The number of anilines is 2. The molecule has 0 saturated carbocycles. The largest absolute Gasteiger partial charge is 0.384 e. The summed E-state index contributed by atoms with van der Waals surface area (Å²) in [6.07, 6.45) is 3.04. The molecular weight excluding hydrogens is 601 g/mol. The van der Waals surface area contributed by atoms with Crippen molar-refractivity contribution in [2.24, 2.45) is 5.73 Å². The highest BCUT2D eigenvalue weighted by atomic mass is 35.5. The Hall–Kier alpha value is -3.14. The van der Waals surface area contributed by atoms with Crippen LogP contribution in [-0.4, -0.2) is 32.6 Å². The minimum absolute atomic E-state index is 0.0520. The smallest absolute Gasteiger partial charge is 0.234 e. The summed E-state index contributed by atoms with van der Waals surface area (Å²) in [4.78, 5) is 31.3. The second kappa shape index (κ2) is 11.5. The first kappa shape index (κ1) is 27.4. The fourth-order valence-corrected chi connectivity index (χ4v) is 6.77. The van der Waals surface area contributed by atoms with Crippen LogP contribution in [-0.2, 0) is 9.59 Å². The van der Waals surface area contributed by atoms with Gasteiger partial charge in [0.2, 0.25) is 11.0 Å². The van der Waals surface area contributed by atoms with Crippen molar-refractivity contribution in [1.82, 2.24) is 15.2 Å². The molecule has 0 fully saturated rings. The Morgan fingerprint density at radius 2 is 2.05 bits per heavy atom. The van der Waals surface area contributed by atoms with Crippen molar-refractivity contribution >= 4 is 80.4 Å². The summed E-state index contributed by atoms with van der Waals surface area (Å²) in [6, 6.07) is 10.6. The minimum atomic E-state index is -0.745. The molecule has 0 bridgehead atoms. The van der Waals surface area contributed by atoms with Gasteiger partial charge in [0.25, 0.3) is 0 Å². The number of allylic oxidation sites excluding steroid dienone is 3. The van der Waals surface area contributed by atoms with Gasteiger partial charge in [-0.3, -0.25) is 14.5 Å². The molecule has 2 aliphatic rings. The predicted molar refractivity (Wildman–Crippen MR) is 153 cm³/mol. The first-order valence-electron chi connectivity index (χ1n) is 11.6. The number of nitrogens with zero attached hydrogens (tertiary/aromatic N) is 5. The third kappa shape index (κ3) is 5.35. The highest BCUT2D eigenvalue weighted by Crippen LogP contribution is 2.49. The minimum Gasteiger partial charge on any atom is -0.384 e. The quantitative estimate of drug-likeness (QED) is 0.254. The van der Waals surface area contributed by atoms with Gasteiger partial charge < -0.3 is 11.1 Å². The van der Waals surface area contributed by atoms with Crippen LogP contribution in [0.15, 0.2) is 63.5 Å². The molecule has 1 aromatic carbocycles. The van der Waals surface area contributed by atoms with Gasteiger partial charge in [0.15, 0.2) is 15.3 Å². The van der Waals surface area contributed by atoms with Crippen LogP contribution in [0.3, 0.4) is 0 Å². The molecule has 0 spiro atoms. The lowest BCUT2D eigenvalue weighted by Crippen LogP contribution is -2.38. The first-order chi connectivity index (χ1) is 18.8. The van der Waals surface area contributed by atoms with Crippen LogP contribution in [0, 0.1) is 11.3 Å². The van der Waals surface area contributed by atoms with Crippen LogP contribution in [0.5, 0.6) is 0 Å². The molecule has 39 heavy (non-hydrogen) atoms. The normalized spacial score (nSPS) is 17.2. The molecule has 1 amide bonds. The third-order valence-corrected chi connectivity index (χ3v) is 9.33. The third-order valence-electron chi connectivity index (χ3n) is 6.15. The summed E-state index contributed by atoms with van der Waals surface area (Å²) in [5, 5.41) is 22.5.